The van der Waals surface area contributed by atoms with Gasteiger partial charge in [0.05, 0.1) is 38.1 Å². The Morgan fingerprint density at radius 1 is 1.13 bits per heavy atom. The molecule has 2 aromatic rings. The predicted octanol–water partition coefficient (Wildman–Crippen LogP) is 3.86. The number of morpholine rings is 1. The minimum atomic E-state index is -0.238. The summed E-state index contributed by atoms with van der Waals surface area (Å²) in [5, 5.41) is 11.5. The van der Waals surface area contributed by atoms with Crippen molar-refractivity contribution in [2.45, 2.75) is 32.7 Å². The lowest BCUT2D eigenvalue weighted by atomic mass is 9.84. The first kappa shape index (κ1) is 30.4. The molecule has 0 atom stereocenters. The molecule has 2 aliphatic heterocycles. The predicted molar refractivity (Wildman–Crippen MR) is 161 cm³/mol. The Labute approximate surface area is 241 Å². The molecular formula is C29H40BrN5O4. The molecule has 1 amide bonds. The van der Waals surface area contributed by atoms with E-state index in [2.05, 4.69) is 31.0 Å². The molecule has 212 valence electrons. The number of fused-ring (bicyclic) bond motifs is 1. The number of carbonyl (C=O) groups excluding carboxylic acids is 2. The first-order valence-corrected chi connectivity index (χ1v) is 12.9. The summed E-state index contributed by atoms with van der Waals surface area (Å²) < 4.78 is 11.4. The maximum absolute atomic E-state index is 13.7. The molecule has 0 radical (unpaired) electrons. The van der Waals surface area contributed by atoms with Gasteiger partial charge in [0, 0.05) is 63.2 Å². The van der Waals surface area contributed by atoms with Crippen molar-refractivity contribution in [2.24, 2.45) is 0 Å². The maximum atomic E-state index is 13.7. The first-order valence-electron chi connectivity index (χ1n) is 12.9. The van der Waals surface area contributed by atoms with Gasteiger partial charge in [0.15, 0.2) is 5.78 Å². The molecule has 9 nitrogen and oxygen atoms in total. The number of methoxy groups -OCH3 is 1. The largest absolute Gasteiger partial charge is 0.494 e. The maximum Gasteiger partial charge on any atom is 0.253 e. The number of amidine groups is 1. The van der Waals surface area contributed by atoms with Crippen molar-refractivity contribution in [3.63, 3.8) is 0 Å². The molecule has 0 spiro atoms. The normalized spacial score (nSPS) is 15.0. The highest BCUT2D eigenvalue weighted by atomic mass is 79.9. The Kier molecular flexibility index (Phi) is 9.33. The van der Waals surface area contributed by atoms with E-state index in [0.717, 1.165) is 41.3 Å². The van der Waals surface area contributed by atoms with E-state index in [1.807, 2.05) is 37.2 Å². The first-order chi connectivity index (χ1) is 18.0. The molecule has 1 fully saturated rings. The molecule has 2 heterocycles. The number of hydrogen-bond donors (Lipinski definition) is 2. The van der Waals surface area contributed by atoms with Crippen LogP contribution in [0.5, 0.6) is 5.75 Å². The highest BCUT2D eigenvalue weighted by molar-refractivity contribution is 8.93. The molecule has 0 unspecified atom stereocenters. The van der Waals surface area contributed by atoms with Crippen LogP contribution in [-0.2, 0) is 16.7 Å². The minimum Gasteiger partial charge on any atom is -0.494 e. The third kappa shape index (κ3) is 6.06. The molecule has 2 aliphatic rings. The van der Waals surface area contributed by atoms with E-state index < -0.39 is 0 Å². The molecule has 2 N–H and O–H groups in total. The number of ketones is 1. The number of amides is 1. The number of ether oxygens (including phenoxy) is 2. The standard InChI is InChI=1S/C29H39N5O4.BrH/c1-29(2,3)22-12-18(13-24(26(22)37-7)33-8-10-38-11-9-33)25(35)17-34-16-19-14-23(32(5)6)21(28(36)31-4)15-20(19)27(34)30;/h12-15,30H,8-11,16-17H2,1-7H3,(H,31,36);1H. The van der Waals surface area contributed by atoms with Crippen LogP contribution < -0.4 is 19.9 Å². The summed E-state index contributed by atoms with van der Waals surface area (Å²) in [6, 6.07) is 7.56. The van der Waals surface area contributed by atoms with Crippen LogP contribution in [0.1, 0.15) is 58.2 Å². The molecule has 0 aromatic heterocycles. The van der Waals surface area contributed by atoms with Gasteiger partial charge in [0.25, 0.3) is 5.91 Å². The van der Waals surface area contributed by atoms with Gasteiger partial charge in [-0.2, -0.15) is 0 Å². The van der Waals surface area contributed by atoms with Crippen LogP contribution in [0.2, 0.25) is 0 Å². The van der Waals surface area contributed by atoms with Crippen LogP contribution >= 0.6 is 17.0 Å². The van der Waals surface area contributed by atoms with E-state index in [9.17, 15) is 9.59 Å². The Hall–Kier alpha value is -3.11. The number of anilines is 2. The SMILES string of the molecule is Br.CNC(=O)c1cc2c(cc1N(C)C)CN(CC(=O)c1cc(N3CCOCC3)c(OC)c(C(C)(C)C)c1)C2=N. The molecule has 1 saturated heterocycles. The number of rotatable bonds is 7. The second-order valence-electron chi connectivity index (χ2n) is 11.1. The van der Waals surface area contributed by atoms with Crippen molar-refractivity contribution in [1.82, 2.24) is 10.2 Å². The van der Waals surface area contributed by atoms with Gasteiger partial charge in [-0.1, -0.05) is 20.8 Å². The van der Waals surface area contributed by atoms with Gasteiger partial charge in [-0.15, -0.1) is 17.0 Å². The zero-order valence-corrected chi connectivity index (χ0v) is 25.6. The van der Waals surface area contributed by atoms with E-state index in [1.165, 1.54) is 0 Å². The topological polar surface area (TPSA) is 98.2 Å². The van der Waals surface area contributed by atoms with E-state index in [1.54, 1.807) is 25.1 Å². The van der Waals surface area contributed by atoms with Crippen LogP contribution in [0.15, 0.2) is 24.3 Å². The van der Waals surface area contributed by atoms with Gasteiger partial charge in [-0.3, -0.25) is 15.0 Å². The number of carbonyl (C=O) groups is 2. The van der Waals surface area contributed by atoms with Gasteiger partial charge < -0.3 is 29.5 Å². The van der Waals surface area contributed by atoms with Gasteiger partial charge in [0.2, 0.25) is 0 Å². The lowest BCUT2D eigenvalue weighted by Gasteiger charge is -2.33. The summed E-state index contributed by atoms with van der Waals surface area (Å²) in [6.07, 6.45) is 0. The number of hydrogen-bond acceptors (Lipinski definition) is 7. The third-order valence-electron chi connectivity index (χ3n) is 7.20. The van der Waals surface area contributed by atoms with Crippen LogP contribution in [0.3, 0.4) is 0 Å². The van der Waals surface area contributed by atoms with Crippen molar-refractivity contribution < 1.29 is 19.1 Å². The zero-order valence-electron chi connectivity index (χ0n) is 23.9. The van der Waals surface area contributed by atoms with Gasteiger partial charge in [-0.05, 0) is 35.2 Å². The fourth-order valence-electron chi connectivity index (χ4n) is 5.11. The lowest BCUT2D eigenvalue weighted by molar-refractivity contribution is 0.0955. The average molecular weight is 603 g/mol. The second kappa shape index (κ2) is 12.0. The van der Waals surface area contributed by atoms with Crippen molar-refractivity contribution in [3.8, 4) is 5.75 Å². The van der Waals surface area contributed by atoms with Crippen molar-refractivity contribution in [2.75, 3.05) is 70.9 Å². The quantitative estimate of drug-likeness (QED) is 0.465. The summed E-state index contributed by atoms with van der Waals surface area (Å²) in [5.74, 6) is 0.768. The van der Waals surface area contributed by atoms with Gasteiger partial charge >= 0.3 is 0 Å². The van der Waals surface area contributed by atoms with Crippen molar-refractivity contribution >= 4 is 45.9 Å². The third-order valence-corrected chi connectivity index (χ3v) is 7.20. The Bertz CT molecular complexity index is 1270. The van der Waals surface area contributed by atoms with E-state index in [-0.39, 0.29) is 46.5 Å². The molecule has 0 aliphatic carbocycles. The van der Waals surface area contributed by atoms with E-state index in [0.29, 0.717) is 36.4 Å². The van der Waals surface area contributed by atoms with Crippen LogP contribution in [0, 0.1) is 5.41 Å². The summed E-state index contributed by atoms with van der Waals surface area (Å²) in [7, 11) is 7.04. The Morgan fingerprint density at radius 3 is 2.36 bits per heavy atom. The summed E-state index contributed by atoms with van der Waals surface area (Å²) in [5.41, 5.74) is 5.13. The molecule has 10 heteroatoms. The average Bonchev–Trinajstić information content (AvgIpc) is 3.20. The van der Waals surface area contributed by atoms with E-state index in [4.69, 9.17) is 14.9 Å². The van der Waals surface area contributed by atoms with Crippen LogP contribution in [0.4, 0.5) is 11.4 Å². The van der Waals surface area contributed by atoms with Gasteiger partial charge in [0.1, 0.15) is 11.6 Å². The van der Waals surface area contributed by atoms with Crippen LogP contribution in [-0.4, -0.2) is 83.5 Å². The molecule has 39 heavy (non-hydrogen) atoms. The number of benzene rings is 2. The van der Waals surface area contributed by atoms with Crippen molar-refractivity contribution in [3.05, 3.63) is 52.1 Å². The number of nitrogens with zero attached hydrogens (tertiary/aromatic N) is 3. The van der Waals surface area contributed by atoms with E-state index >= 15 is 0 Å². The summed E-state index contributed by atoms with van der Waals surface area (Å²) in [4.78, 5) is 32.1. The highest BCUT2D eigenvalue weighted by Gasteiger charge is 2.31. The summed E-state index contributed by atoms with van der Waals surface area (Å²) in [6.45, 7) is 9.55. The minimum absolute atomic E-state index is 0. The monoisotopic (exact) mass is 601 g/mol. The number of halogens is 1. The fraction of sp³-hybridized carbons (Fsp3) is 0.483. The van der Waals surface area contributed by atoms with Crippen molar-refractivity contribution in [1.29, 1.82) is 5.41 Å². The van der Waals surface area contributed by atoms with Crippen LogP contribution in [0.25, 0.3) is 0 Å². The molecule has 0 saturated carbocycles. The number of Topliss-reactive ketones (excluding diaryl/α,β-unsaturated/α-hetero) is 1. The lowest BCUT2D eigenvalue weighted by Crippen LogP contribution is -2.37. The Morgan fingerprint density at radius 2 is 1.79 bits per heavy atom. The second-order valence-corrected chi connectivity index (χ2v) is 11.1. The highest BCUT2D eigenvalue weighted by Crippen LogP contribution is 2.41. The fourth-order valence-corrected chi connectivity index (χ4v) is 5.11. The molecule has 0 bridgehead atoms. The molecule has 2 aromatic carbocycles. The molecular weight excluding hydrogens is 562 g/mol. The zero-order chi connectivity index (χ0) is 27.8. The Balaban J connectivity index is 0.00000420. The smallest absolute Gasteiger partial charge is 0.253 e. The van der Waals surface area contributed by atoms with Gasteiger partial charge in [-0.25, -0.2) is 0 Å². The number of nitrogens with one attached hydrogen (secondary N) is 2. The summed E-state index contributed by atoms with van der Waals surface area (Å²) >= 11 is 0. The molecule has 4 rings (SSSR count).